The van der Waals surface area contributed by atoms with E-state index in [1.807, 2.05) is 12.1 Å². The van der Waals surface area contributed by atoms with Crippen LogP contribution in [0.15, 0.2) is 29.0 Å². The van der Waals surface area contributed by atoms with Crippen molar-refractivity contribution >= 4 is 22.7 Å². The van der Waals surface area contributed by atoms with Crippen LogP contribution in [0, 0.1) is 6.92 Å². The predicted molar refractivity (Wildman–Crippen MR) is 73.8 cm³/mol. The third kappa shape index (κ3) is 2.91. The first kappa shape index (κ1) is 11.8. The topological polar surface area (TPSA) is 47.3 Å². The second-order valence-electron chi connectivity index (χ2n) is 3.93. The molecule has 0 spiro atoms. The molecule has 0 radical (unpaired) electrons. The van der Waals surface area contributed by atoms with Gasteiger partial charge in [0.15, 0.2) is 0 Å². The van der Waals surface area contributed by atoms with E-state index in [0.29, 0.717) is 5.69 Å². The largest absolute Gasteiger partial charge is 0.497 e. The molecule has 4 heteroatoms. The molecule has 17 heavy (non-hydrogen) atoms. The fourth-order valence-corrected chi connectivity index (χ4v) is 2.46. The Morgan fingerprint density at radius 1 is 1.29 bits per heavy atom. The van der Waals surface area contributed by atoms with Gasteiger partial charge in [-0.2, -0.15) is 11.3 Å². The zero-order valence-electron chi connectivity index (χ0n) is 9.99. The van der Waals surface area contributed by atoms with Crippen LogP contribution in [-0.4, -0.2) is 7.11 Å². The lowest BCUT2D eigenvalue weighted by atomic mass is 10.2. The molecule has 0 aliphatic heterocycles. The molecular weight excluding hydrogens is 232 g/mol. The lowest BCUT2D eigenvalue weighted by Crippen LogP contribution is -2.00. The number of nitrogens with two attached hydrogens (primary N) is 1. The van der Waals surface area contributed by atoms with Crippen molar-refractivity contribution in [1.29, 1.82) is 0 Å². The van der Waals surface area contributed by atoms with E-state index in [0.717, 1.165) is 18.0 Å². The fourth-order valence-electron chi connectivity index (χ4n) is 1.61. The normalized spacial score (nSPS) is 10.2. The average molecular weight is 248 g/mol. The Hall–Kier alpha value is -1.68. The van der Waals surface area contributed by atoms with Crippen LogP contribution in [0.4, 0.5) is 11.4 Å². The number of anilines is 2. The van der Waals surface area contributed by atoms with Gasteiger partial charge in [-0.05, 0) is 34.9 Å². The van der Waals surface area contributed by atoms with E-state index in [1.54, 1.807) is 24.5 Å². The average Bonchev–Trinajstić information content (AvgIpc) is 2.71. The van der Waals surface area contributed by atoms with Crippen LogP contribution in [0.1, 0.15) is 11.1 Å². The van der Waals surface area contributed by atoms with Gasteiger partial charge in [0.25, 0.3) is 0 Å². The summed E-state index contributed by atoms with van der Waals surface area (Å²) in [4.78, 5) is 0. The van der Waals surface area contributed by atoms with Crippen molar-refractivity contribution in [3.63, 3.8) is 0 Å². The van der Waals surface area contributed by atoms with Gasteiger partial charge in [0, 0.05) is 30.1 Å². The summed E-state index contributed by atoms with van der Waals surface area (Å²) in [6.07, 6.45) is 0. The molecule has 3 nitrogen and oxygen atoms in total. The first-order valence-electron chi connectivity index (χ1n) is 5.39. The highest BCUT2D eigenvalue weighted by atomic mass is 32.1. The van der Waals surface area contributed by atoms with Gasteiger partial charge in [-0.15, -0.1) is 0 Å². The summed E-state index contributed by atoms with van der Waals surface area (Å²) in [6, 6.07) is 5.66. The maximum atomic E-state index is 5.80. The molecule has 2 aromatic rings. The van der Waals surface area contributed by atoms with Crippen molar-refractivity contribution in [2.24, 2.45) is 0 Å². The van der Waals surface area contributed by atoms with E-state index in [2.05, 4.69) is 23.0 Å². The molecular formula is C13H16N2OS. The summed E-state index contributed by atoms with van der Waals surface area (Å²) in [7, 11) is 1.64. The molecule has 90 valence electrons. The van der Waals surface area contributed by atoms with Crippen molar-refractivity contribution in [1.82, 2.24) is 0 Å². The Morgan fingerprint density at radius 2 is 2.12 bits per heavy atom. The number of ether oxygens (including phenoxy) is 1. The van der Waals surface area contributed by atoms with E-state index in [9.17, 15) is 0 Å². The molecule has 2 rings (SSSR count). The Bertz CT molecular complexity index is 508. The Labute approximate surface area is 105 Å². The monoisotopic (exact) mass is 248 g/mol. The van der Waals surface area contributed by atoms with Crippen LogP contribution in [0.5, 0.6) is 5.75 Å². The van der Waals surface area contributed by atoms with Gasteiger partial charge in [0.2, 0.25) is 0 Å². The van der Waals surface area contributed by atoms with Gasteiger partial charge in [-0.25, -0.2) is 0 Å². The molecule has 0 fully saturated rings. The number of benzene rings is 1. The van der Waals surface area contributed by atoms with Crippen molar-refractivity contribution < 1.29 is 4.74 Å². The summed E-state index contributed by atoms with van der Waals surface area (Å²) in [5.74, 6) is 0.773. The highest BCUT2D eigenvalue weighted by Gasteiger charge is 2.01. The number of nitrogens with one attached hydrogen (secondary N) is 1. The lowest BCUT2D eigenvalue weighted by Gasteiger charge is -2.09. The zero-order valence-corrected chi connectivity index (χ0v) is 10.8. The Morgan fingerprint density at radius 3 is 2.76 bits per heavy atom. The number of aryl methyl sites for hydroxylation is 1. The quantitative estimate of drug-likeness (QED) is 0.816. The number of rotatable bonds is 4. The van der Waals surface area contributed by atoms with Gasteiger partial charge in [0.1, 0.15) is 5.75 Å². The molecule has 0 bridgehead atoms. The number of thiophene rings is 1. The van der Waals surface area contributed by atoms with Crippen LogP contribution < -0.4 is 15.8 Å². The lowest BCUT2D eigenvalue weighted by molar-refractivity contribution is 0.415. The summed E-state index contributed by atoms with van der Waals surface area (Å²) < 4.78 is 5.18. The first-order chi connectivity index (χ1) is 8.19. The minimum absolute atomic E-state index is 0.703. The molecule has 0 unspecified atom stereocenters. The van der Waals surface area contributed by atoms with Gasteiger partial charge >= 0.3 is 0 Å². The maximum Gasteiger partial charge on any atom is 0.122 e. The van der Waals surface area contributed by atoms with Crippen LogP contribution in [0.2, 0.25) is 0 Å². The Kier molecular flexibility index (Phi) is 3.54. The van der Waals surface area contributed by atoms with Crippen molar-refractivity contribution in [2.45, 2.75) is 13.5 Å². The fraction of sp³-hybridized carbons (Fsp3) is 0.231. The molecule has 1 aromatic heterocycles. The zero-order chi connectivity index (χ0) is 12.3. The van der Waals surface area contributed by atoms with Crippen molar-refractivity contribution in [3.05, 3.63) is 40.1 Å². The van der Waals surface area contributed by atoms with E-state index in [1.165, 1.54) is 11.1 Å². The van der Waals surface area contributed by atoms with Crippen molar-refractivity contribution in [3.8, 4) is 5.75 Å². The smallest absolute Gasteiger partial charge is 0.122 e. The molecule has 1 heterocycles. The number of hydrogen-bond donors (Lipinski definition) is 2. The molecule has 3 N–H and O–H groups in total. The highest BCUT2D eigenvalue weighted by Crippen LogP contribution is 2.23. The molecule has 0 saturated carbocycles. The van der Waals surface area contributed by atoms with Crippen LogP contribution in [-0.2, 0) is 6.54 Å². The summed E-state index contributed by atoms with van der Waals surface area (Å²) in [6.45, 7) is 2.93. The minimum Gasteiger partial charge on any atom is -0.497 e. The standard InChI is InChI=1S/C13H16N2OS/c1-9-7-17-8-10(9)6-15-12-3-11(14)4-13(5-12)16-2/h3-5,7-8,15H,6,14H2,1-2H3. The summed E-state index contributed by atoms with van der Waals surface area (Å²) >= 11 is 1.72. The van der Waals surface area contributed by atoms with Crippen molar-refractivity contribution in [2.75, 3.05) is 18.2 Å². The molecule has 0 aliphatic carbocycles. The van der Waals surface area contributed by atoms with E-state index in [-0.39, 0.29) is 0 Å². The van der Waals surface area contributed by atoms with E-state index >= 15 is 0 Å². The number of hydrogen-bond acceptors (Lipinski definition) is 4. The second-order valence-corrected chi connectivity index (χ2v) is 4.67. The molecule has 0 amide bonds. The summed E-state index contributed by atoms with van der Waals surface area (Å²) in [5.41, 5.74) is 10.1. The number of nitrogen functional groups attached to an aromatic ring is 1. The minimum atomic E-state index is 0.703. The molecule has 0 saturated heterocycles. The predicted octanol–water partition coefficient (Wildman–Crippen LogP) is 3.26. The SMILES string of the molecule is COc1cc(N)cc(NCc2cscc2C)c1. The highest BCUT2D eigenvalue weighted by molar-refractivity contribution is 7.08. The maximum absolute atomic E-state index is 5.80. The molecule has 1 aromatic carbocycles. The third-order valence-corrected chi connectivity index (χ3v) is 3.52. The van der Waals surface area contributed by atoms with E-state index < -0.39 is 0 Å². The molecule has 0 aliphatic rings. The summed E-state index contributed by atoms with van der Waals surface area (Å²) in [5, 5.41) is 7.66. The Balaban J connectivity index is 2.09. The number of methoxy groups -OCH3 is 1. The van der Waals surface area contributed by atoms with Crippen LogP contribution >= 0.6 is 11.3 Å². The van der Waals surface area contributed by atoms with Crippen LogP contribution in [0.25, 0.3) is 0 Å². The van der Waals surface area contributed by atoms with Gasteiger partial charge in [-0.3, -0.25) is 0 Å². The van der Waals surface area contributed by atoms with E-state index in [4.69, 9.17) is 10.5 Å². The second kappa shape index (κ2) is 5.10. The van der Waals surface area contributed by atoms with Crippen LogP contribution in [0.3, 0.4) is 0 Å². The first-order valence-corrected chi connectivity index (χ1v) is 6.33. The van der Waals surface area contributed by atoms with Gasteiger partial charge < -0.3 is 15.8 Å². The molecule has 0 atom stereocenters. The van der Waals surface area contributed by atoms with Gasteiger partial charge in [0.05, 0.1) is 7.11 Å². The van der Waals surface area contributed by atoms with Gasteiger partial charge in [-0.1, -0.05) is 0 Å². The third-order valence-electron chi connectivity index (χ3n) is 2.61.